The van der Waals surface area contributed by atoms with Crippen LogP contribution in [-0.2, 0) is 22.6 Å². The van der Waals surface area contributed by atoms with Crippen LogP contribution in [0.5, 0.6) is 5.75 Å². The first-order chi connectivity index (χ1) is 16.0. The Morgan fingerprint density at radius 1 is 1.12 bits per heavy atom. The zero-order valence-corrected chi connectivity index (χ0v) is 19.1. The average molecular weight is 483 g/mol. The van der Waals surface area contributed by atoms with Gasteiger partial charge in [0.25, 0.3) is 0 Å². The van der Waals surface area contributed by atoms with Gasteiger partial charge in [0.05, 0.1) is 24.9 Å². The number of methoxy groups -OCH3 is 1. The van der Waals surface area contributed by atoms with Gasteiger partial charge in [0.1, 0.15) is 10.8 Å². The molecule has 0 saturated heterocycles. The molecule has 0 aliphatic rings. The second-order valence-corrected chi connectivity index (χ2v) is 8.05. The third-order valence-corrected chi connectivity index (χ3v) is 5.54. The minimum Gasteiger partial charge on any atom is -0.495 e. The second kappa shape index (κ2) is 10.2. The summed E-state index contributed by atoms with van der Waals surface area (Å²) in [6, 6.07) is 14.7. The topological polar surface area (TPSA) is 125 Å². The van der Waals surface area contributed by atoms with Gasteiger partial charge in [-0.05, 0) is 24.3 Å². The highest BCUT2D eigenvalue weighted by Gasteiger charge is 2.13. The standard InChI is InChI=1S/C22H19ClN6O3S/c1-31-17-8-3-2-7-16(17)26-22-28-18(27-21(24)29-22)11-32-19(30)10-15-12-33-20(25-15)13-5-4-6-14(23)9-13/h2-9,12H,10-11H2,1H3,(H3,24,26,27,28,29). The number of nitrogen functional groups attached to an aromatic ring is 1. The van der Waals surface area contributed by atoms with Crippen LogP contribution in [0.2, 0.25) is 5.02 Å². The molecule has 0 amide bonds. The predicted octanol–water partition coefficient (Wildman–Crippen LogP) is 4.27. The number of hydrogen-bond acceptors (Lipinski definition) is 10. The van der Waals surface area contributed by atoms with E-state index in [1.807, 2.05) is 41.8 Å². The van der Waals surface area contributed by atoms with Crippen molar-refractivity contribution >= 4 is 46.5 Å². The number of carbonyl (C=O) groups is 1. The molecule has 2 aromatic heterocycles. The minimum atomic E-state index is -0.462. The van der Waals surface area contributed by atoms with Crippen molar-refractivity contribution in [1.29, 1.82) is 0 Å². The summed E-state index contributed by atoms with van der Waals surface area (Å²) in [5.41, 5.74) is 7.95. The molecule has 0 bridgehead atoms. The second-order valence-electron chi connectivity index (χ2n) is 6.75. The molecular weight excluding hydrogens is 464 g/mol. The van der Waals surface area contributed by atoms with Crippen LogP contribution in [0.4, 0.5) is 17.6 Å². The van der Waals surface area contributed by atoms with Gasteiger partial charge in [-0.1, -0.05) is 35.9 Å². The van der Waals surface area contributed by atoms with E-state index in [1.165, 1.54) is 11.3 Å². The Bertz CT molecular complexity index is 1280. The fourth-order valence-corrected chi connectivity index (χ4v) is 3.92. The van der Waals surface area contributed by atoms with E-state index >= 15 is 0 Å². The number of para-hydroxylation sites is 2. The molecule has 0 fully saturated rings. The number of anilines is 3. The lowest BCUT2D eigenvalue weighted by Crippen LogP contribution is -2.12. The number of nitrogens with two attached hydrogens (primary N) is 1. The van der Waals surface area contributed by atoms with Gasteiger partial charge in [-0.25, -0.2) is 4.98 Å². The van der Waals surface area contributed by atoms with Gasteiger partial charge in [0.15, 0.2) is 12.4 Å². The van der Waals surface area contributed by atoms with Gasteiger partial charge in [-0.2, -0.15) is 15.0 Å². The summed E-state index contributed by atoms with van der Waals surface area (Å²) in [6.45, 7) is -0.155. The summed E-state index contributed by atoms with van der Waals surface area (Å²) in [5.74, 6) is 0.579. The Hall–Kier alpha value is -3.76. The Balaban J connectivity index is 1.37. The quantitative estimate of drug-likeness (QED) is 0.354. The normalized spacial score (nSPS) is 10.6. The van der Waals surface area contributed by atoms with Crippen LogP contribution in [0.25, 0.3) is 10.6 Å². The van der Waals surface area contributed by atoms with E-state index in [1.54, 1.807) is 19.2 Å². The van der Waals surface area contributed by atoms with Crippen LogP contribution >= 0.6 is 22.9 Å². The van der Waals surface area contributed by atoms with E-state index < -0.39 is 5.97 Å². The summed E-state index contributed by atoms with van der Waals surface area (Å²) < 4.78 is 10.6. The lowest BCUT2D eigenvalue weighted by molar-refractivity contribution is -0.144. The van der Waals surface area contributed by atoms with E-state index in [9.17, 15) is 4.79 Å². The van der Waals surface area contributed by atoms with Gasteiger partial charge in [0, 0.05) is 16.0 Å². The third kappa shape index (κ3) is 5.93. The van der Waals surface area contributed by atoms with Crippen LogP contribution in [0.15, 0.2) is 53.9 Å². The molecule has 168 valence electrons. The average Bonchev–Trinajstić information content (AvgIpc) is 3.26. The molecule has 0 atom stereocenters. The molecule has 0 unspecified atom stereocenters. The Kier molecular flexibility index (Phi) is 6.96. The molecule has 9 nitrogen and oxygen atoms in total. The van der Waals surface area contributed by atoms with E-state index in [2.05, 4.69) is 25.3 Å². The highest BCUT2D eigenvalue weighted by atomic mass is 35.5. The van der Waals surface area contributed by atoms with Crippen molar-refractivity contribution in [2.24, 2.45) is 0 Å². The summed E-state index contributed by atoms with van der Waals surface area (Å²) in [5, 5.41) is 6.24. The number of benzene rings is 2. The molecule has 4 rings (SSSR count). The predicted molar refractivity (Wildman–Crippen MR) is 127 cm³/mol. The number of hydrogen-bond donors (Lipinski definition) is 2. The fourth-order valence-electron chi connectivity index (χ4n) is 2.91. The highest BCUT2D eigenvalue weighted by molar-refractivity contribution is 7.13. The van der Waals surface area contributed by atoms with Crippen molar-refractivity contribution in [3.05, 3.63) is 70.5 Å². The smallest absolute Gasteiger partial charge is 0.312 e. The fraction of sp³-hybridized carbons (Fsp3) is 0.136. The highest BCUT2D eigenvalue weighted by Crippen LogP contribution is 2.27. The molecule has 3 N–H and O–H groups in total. The summed E-state index contributed by atoms with van der Waals surface area (Å²) in [6.07, 6.45) is 0.0178. The first-order valence-corrected chi connectivity index (χ1v) is 11.0. The maximum absolute atomic E-state index is 12.3. The molecule has 2 aromatic carbocycles. The Labute approximate surface area is 198 Å². The third-order valence-electron chi connectivity index (χ3n) is 4.36. The van der Waals surface area contributed by atoms with Crippen LogP contribution in [-0.4, -0.2) is 33.0 Å². The van der Waals surface area contributed by atoms with Crippen LogP contribution in [0, 0.1) is 0 Å². The molecule has 0 radical (unpaired) electrons. The molecule has 2 heterocycles. The zero-order valence-electron chi connectivity index (χ0n) is 17.5. The Morgan fingerprint density at radius 2 is 1.97 bits per heavy atom. The van der Waals surface area contributed by atoms with E-state index in [0.29, 0.717) is 22.2 Å². The zero-order chi connectivity index (χ0) is 23.2. The number of aromatic nitrogens is 4. The van der Waals surface area contributed by atoms with Crippen LogP contribution < -0.4 is 15.8 Å². The van der Waals surface area contributed by atoms with Crippen molar-refractivity contribution in [2.45, 2.75) is 13.0 Å². The van der Waals surface area contributed by atoms with Gasteiger partial charge >= 0.3 is 5.97 Å². The van der Waals surface area contributed by atoms with Crippen molar-refractivity contribution in [3.63, 3.8) is 0 Å². The molecule has 0 aliphatic carbocycles. The lowest BCUT2D eigenvalue weighted by Gasteiger charge is -2.10. The van der Waals surface area contributed by atoms with Crippen molar-refractivity contribution in [3.8, 4) is 16.3 Å². The number of thiazole rings is 1. The molecule has 0 aliphatic heterocycles. The van der Waals surface area contributed by atoms with Crippen LogP contribution in [0.1, 0.15) is 11.5 Å². The SMILES string of the molecule is COc1ccccc1Nc1nc(N)nc(COC(=O)Cc2csc(-c3cccc(Cl)c3)n2)n1. The van der Waals surface area contributed by atoms with Crippen LogP contribution in [0.3, 0.4) is 0 Å². The van der Waals surface area contributed by atoms with E-state index in [-0.39, 0.29) is 30.7 Å². The van der Waals surface area contributed by atoms with Crippen molar-refractivity contribution in [2.75, 3.05) is 18.2 Å². The molecule has 0 spiro atoms. The van der Waals surface area contributed by atoms with Gasteiger partial charge in [-0.3, -0.25) is 4.79 Å². The minimum absolute atomic E-state index is 0.000822. The summed E-state index contributed by atoms with van der Waals surface area (Å²) >= 11 is 7.46. The lowest BCUT2D eigenvalue weighted by atomic mass is 10.2. The number of esters is 1. The van der Waals surface area contributed by atoms with Gasteiger partial charge < -0.3 is 20.5 Å². The van der Waals surface area contributed by atoms with Crippen molar-refractivity contribution in [1.82, 2.24) is 19.9 Å². The molecule has 33 heavy (non-hydrogen) atoms. The summed E-state index contributed by atoms with van der Waals surface area (Å²) in [7, 11) is 1.56. The molecule has 0 saturated carbocycles. The van der Waals surface area contributed by atoms with Crippen molar-refractivity contribution < 1.29 is 14.3 Å². The van der Waals surface area contributed by atoms with Gasteiger partial charge in [0.2, 0.25) is 11.9 Å². The van der Waals surface area contributed by atoms with E-state index in [0.717, 1.165) is 10.6 Å². The maximum Gasteiger partial charge on any atom is 0.312 e. The largest absolute Gasteiger partial charge is 0.495 e. The monoisotopic (exact) mass is 482 g/mol. The Morgan fingerprint density at radius 3 is 2.79 bits per heavy atom. The number of nitrogens with zero attached hydrogens (tertiary/aromatic N) is 4. The number of rotatable bonds is 8. The maximum atomic E-state index is 12.3. The first kappa shape index (κ1) is 22.4. The van der Waals surface area contributed by atoms with E-state index in [4.69, 9.17) is 26.8 Å². The van der Waals surface area contributed by atoms with Gasteiger partial charge in [-0.15, -0.1) is 11.3 Å². The molecule has 4 aromatic rings. The number of nitrogens with one attached hydrogen (secondary N) is 1. The first-order valence-electron chi connectivity index (χ1n) is 9.76. The number of halogens is 1. The summed E-state index contributed by atoms with van der Waals surface area (Å²) in [4.78, 5) is 29.2. The number of ether oxygens (including phenoxy) is 2. The number of carbonyl (C=O) groups excluding carboxylic acids is 1. The molecule has 11 heteroatoms. The molecular formula is C22H19ClN6O3S.